The van der Waals surface area contributed by atoms with Crippen molar-refractivity contribution >= 4 is 40.3 Å². The topological polar surface area (TPSA) is 37.6 Å². The van der Waals surface area contributed by atoms with Crippen LogP contribution in [-0.4, -0.2) is 15.6 Å². The zero-order chi connectivity index (χ0) is 21.0. The smallest absolute Gasteiger partial charge is 0.271 e. The summed E-state index contributed by atoms with van der Waals surface area (Å²) < 4.78 is 2.07. The van der Waals surface area contributed by atoms with Gasteiger partial charge in [-0.3, -0.25) is 9.69 Å². The molecule has 0 saturated carbocycles. The molecule has 2 heterocycles. The van der Waals surface area contributed by atoms with Gasteiger partial charge in [0.15, 0.2) is 5.17 Å². The molecule has 1 fully saturated rings. The molecular formula is C26H19N3OS. The molecule has 1 saturated heterocycles. The number of hydrogen-bond acceptors (Lipinski definition) is 3. The standard InChI is InChI=1S/C26H19N3OS/c30-25-24(19-23-17-10-18-28(23)21-13-6-2-7-14-21)31-26(27-20-11-4-1-5-12-20)29(25)22-15-8-3-9-16-22/h1-19H. The number of para-hydroxylation sites is 3. The Labute approximate surface area is 185 Å². The average Bonchev–Trinajstić information content (AvgIpc) is 3.40. The molecule has 1 aromatic heterocycles. The fourth-order valence-electron chi connectivity index (χ4n) is 3.44. The first-order valence-corrected chi connectivity index (χ1v) is 10.8. The number of anilines is 1. The second-order valence-electron chi connectivity index (χ2n) is 6.96. The van der Waals surface area contributed by atoms with Crippen molar-refractivity contribution in [2.75, 3.05) is 4.90 Å². The zero-order valence-electron chi connectivity index (χ0n) is 16.6. The number of amidine groups is 1. The number of carbonyl (C=O) groups excluding carboxylic acids is 1. The molecule has 0 spiro atoms. The molecule has 0 unspecified atom stereocenters. The van der Waals surface area contributed by atoms with E-state index in [1.54, 1.807) is 4.90 Å². The minimum atomic E-state index is -0.0771. The van der Waals surface area contributed by atoms with E-state index in [1.165, 1.54) is 11.8 Å². The number of thioether (sulfide) groups is 1. The van der Waals surface area contributed by atoms with Crippen LogP contribution in [0.15, 0.2) is 119 Å². The van der Waals surface area contributed by atoms with Gasteiger partial charge in [0.1, 0.15) is 0 Å². The molecule has 0 N–H and O–H groups in total. The van der Waals surface area contributed by atoms with Crippen LogP contribution in [0.4, 0.5) is 11.4 Å². The van der Waals surface area contributed by atoms with Gasteiger partial charge in [-0.05, 0) is 66.4 Å². The van der Waals surface area contributed by atoms with E-state index >= 15 is 0 Å². The Balaban J connectivity index is 1.57. The summed E-state index contributed by atoms with van der Waals surface area (Å²) in [5, 5.41) is 0.645. The molecule has 0 aliphatic carbocycles. The summed E-state index contributed by atoms with van der Waals surface area (Å²) in [7, 11) is 0. The molecule has 5 heteroatoms. The first-order chi connectivity index (χ1) is 15.3. The zero-order valence-corrected chi connectivity index (χ0v) is 17.4. The molecule has 4 aromatic rings. The molecule has 1 aliphatic rings. The van der Waals surface area contributed by atoms with E-state index in [2.05, 4.69) is 4.57 Å². The van der Waals surface area contributed by atoms with Gasteiger partial charge >= 0.3 is 0 Å². The highest BCUT2D eigenvalue weighted by molar-refractivity contribution is 8.19. The highest BCUT2D eigenvalue weighted by Gasteiger charge is 2.34. The summed E-state index contributed by atoms with van der Waals surface area (Å²) in [5.74, 6) is -0.0771. The Morgan fingerprint density at radius 1 is 0.710 bits per heavy atom. The van der Waals surface area contributed by atoms with Crippen LogP contribution in [0.3, 0.4) is 0 Å². The van der Waals surface area contributed by atoms with E-state index in [4.69, 9.17) is 4.99 Å². The average molecular weight is 422 g/mol. The summed E-state index contributed by atoms with van der Waals surface area (Å²) in [6.45, 7) is 0. The third-order valence-electron chi connectivity index (χ3n) is 4.90. The van der Waals surface area contributed by atoms with Crippen LogP contribution in [0.2, 0.25) is 0 Å². The van der Waals surface area contributed by atoms with Crippen molar-refractivity contribution in [3.63, 3.8) is 0 Å². The second-order valence-corrected chi connectivity index (χ2v) is 7.96. The SMILES string of the molecule is O=C1C(=Cc2cccn2-c2ccccc2)SC(=Nc2ccccc2)N1c1ccccc1. The van der Waals surface area contributed by atoms with Crippen LogP contribution in [-0.2, 0) is 4.79 Å². The predicted octanol–water partition coefficient (Wildman–Crippen LogP) is 6.29. The first kappa shape index (κ1) is 19.2. The Hall–Kier alpha value is -3.83. The van der Waals surface area contributed by atoms with Gasteiger partial charge in [0.2, 0.25) is 0 Å². The van der Waals surface area contributed by atoms with Gasteiger partial charge in [-0.2, -0.15) is 0 Å². The lowest BCUT2D eigenvalue weighted by Crippen LogP contribution is -2.28. The predicted molar refractivity (Wildman–Crippen MR) is 129 cm³/mol. The van der Waals surface area contributed by atoms with Crippen molar-refractivity contribution < 1.29 is 4.79 Å². The quantitative estimate of drug-likeness (QED) is 0.363. The Kier molecular flexibility index (Phi) is 5.25. The number of hydrogen-bond donors (Lipinski definition) is 0. The lowest BCUT2D eigenvalue weighted by molar-refractivity contribution is -0.113. The number of aromatic nitrogens is 1. The summed E-state index contributed by atoms with van der Waals surface area (Å²) in [5.41, 5.74) is 3.60. The third kappa shape index (κ3) is 3.96. The normalized spacial score (nSPS) is 16.4. The van der Waals surface area contributed by atoms with E-state index in [0.717, 1.165) is 22.8 Å². The molecule has 5 rings (SSSR count). The molecule has 4 nitrogen and oxygen atoms in total. The van der Waals surface area contributed by atoms with Gasteiger partial charge in [-0.1, -0.05) is 54.6 Å². The van der Waals surface area contributed by atoms with E-state index in [0.29, 0.717) is 10.1 Å². The molecule has 150 valence electrons. The van der Waals surface area contributed by atoms with Gasteiger partial charge < -0.3 is 4.57 Å². The fraction of sp³-hybridized carbons (Fsp3) is 0. The van der Waals surface area contributed by atoms with Crippen molar-refractivity contribution in [2.24, 2.45) is 4.99 Å². The van der Waals surface area contributed by atoms with Crippen LogP contribution in [0.25, 0.3) is 11.8 Å². The molecule has 1 amide bonds. The van der Waals surface area contributed by atoms with Crippen molar-refractivity contribution in [3.8, 4) is 5.69 Å². The maximum absolute atomic E-state index is 13.4. The monoisotopic (exact) mass is 421 g/mol. The number of aliphatic imine (C=N–C) groups is 1. The van der Waals surface area contributed by atoms with E-state index in [9.17, 15) is 4.79 Å². The Morgan fingerprint density at radius 2 is 1.32 bits per heavy atom. The van der Waals surface area contributed by atoms with Crippen LogP contribution in [0.5, 0.6) is 0 Å². The highest BCUT2D eigenvalue weighted by Crippen LogP contribution is 2.37. The van der Waals surface area contributed by atoms with Crippen LogP contribution >= 0.6 is 11.8 Å². The van der Waals surface area contributed by atoms with Gasteiger partial charge in [0.05, 0.1) is 16.3 Å². The maximum atomic E-state index is 13.4. The van der Waals surface area contributed by atoms with Crippen molar-refractivity contribution in [1.82, 2.24) is 4.57 Å². The molecule has 1 aliphatic heterocycles. The largest absolute Gasteiger partial charge is 0.317 e. The first-order valence-electron chi connectivity index (χ1n) is 9.95. The molecule has 0 radical (unpaired) electrons. The fourth-order valence-corrected chi connectivity index (χ4v) is 4.42. The Morgan fingerprint density at radius 3 is 2.00 bits per heavy atom. The van der Waals surface area contributed by atoms with Gasteiger partial charge in [-0.25, -0.2) is 4.99 Å². The van der Waals surface area contributed by atoms with Crippen molar-refractivity contribution in [3.05, 3.63) is 120 Å². The van der Waals surface area contributed by atoms with Gasteiger partial charge in [-0.15, -0.1) is 0 Å². The minimum absolute atomic E-state index is 0.0771. The number of carbonyl (C=O) groups is 1. The molecular weight excluding hydrogens is 402 g/mol. The number of nitrogens with zero attached hydrogens (tertiary/aromatic N) is 3. The lowest BCUT2D eigenvalue weighted by atomic mass is 10.2. The minimum Gasteiger partial charge on any atom is -0.317 e. The van der Waals surface area contributed by atoms with Crippen molar-refractivity contribution in [2.45, 2.75) is 0 Å². The summed E-state index contributed by atoms with van der Waals surface area (Å²) in [4.78, 5) is 20.5. The number of benzene rings is 3. The molecule has 0 bridgehead atoms. The van der Waals surface area contributed by atoms with E-state index in [-0.39, 0.29) is 5.91 Å². The van der Waals surface area contributed by atoms with Crippen LogP contribution in [0.1, 0.15) is 5.69 Å². The Bertz CT molecular complexity index is 1260. The second kappa shape index (κ2) is 8.50. The van der Waals surface area contributed by atoms with Crippen molar-refractivity contribution in [1.29, 1.82) is 0 Å². The lowest BCUT2D eigenvalue weighted by Gasteiger charge is -2.15. The highest BCUT2D eigenvalue weighted by atomic mass is 32.2. The summed E-state index contributed by atoms with van der Waals surface area (Å²) in [6, 6.07) is 33.4. The number of amides is 1. The van der Waals surface area contributed by atoms with Gasteiger partial charge in [0.25, 0.3) is 5.91 Å². The van der Waals surface area contributed by atoms with Crippen LogP contribution < -0.4 is 4.90 Å². The summed E-state index contributed by atoms with van der Waals surface area (Å²) >= 11 is 1.39. The summed E-state index contributed by atoms with van der Waals surface area (Å²) in [6.07, 6.45) is 3.93. The van der Waals surface area contributed by atoms with Crippen LogP contribution in [0, 0.1) is 0 Å². The van der Waals surface area contributed by atoms with Gasteiger partial charge in [0, 0.05) is 17.6 Å². The maximum Gasteiger partial charge on any atom is 0.271 e. The third-order valence-corrected chi connectivity index (χ3v) is 5.86. The molecule has 3 aromatic carbocycles. The molecule has 0 atom stereocenters. The van der Waals surface area contributed by atoms with E-state index < -0.39 is 0 Å². The number of rotatable bonds is 4. The van der Waals surface area contributed by atoms with E-state index in [1.807, 2.05) is 115 Å². The molecule has 31 heavy (non-hydrogen) atoms.